The summed E-state index contributed by atoms with van der Waals surface area (Å²) in [7, 11) is 0. The van der Waals surface area contributed by atoms with E-state index in [0.717, 1.165) is 38.8 Å². The minimum absolute atomic E-state index is 0.0124. The molecule has 2 saturated heterocycles. The summed E-state index contributed by atoms with van der Waals surface area (Å²) in [6, 6.07) is 6.86. The van der Waals surface area contributed by atoms with E-state index in [2.05, 4.69) is 36.9 Å². The number of carbonyl (C=O) groups is 2. The minimum Gasteiger partial charge on any atom is -0.465 e. The number of cyclic esters (lactones) is 1. The maximum absolute atomic E-state index is 12.9. The first kappa shape index (κ1) is 18.2. The first-order chi connectivity index (χ1) is 13.4. The maximum atomic E-state index is 12.9. The number of ether oxygens (including phenoxy) is 1. The number of likely N-dealkylation sites (tertiary alicyclic amines) is 1. The molecular weight excluding hydrogens is 350 g/mol. The van der Waals surface area contributed by atoms with Crippen LogP contribution in [0, 0.1) is 30.6 Å². The fraction of sp³-hybridized carbons (Fsp3) is 0.667. The Kier molecular flexibility index (Phi) is 4.12. The number of carbonyl (C=O) groups excluding carboxylic acids is 2. The summed E-state index contributed by atoms with van der Waals surface area (Å²) >= 11 is 0. The lowest BCUT2D eigenvalue weighted by Gasteiger charge is -2.54. The summed E-state index contributed by atoms with van der Waals surface area (Å²) in [4.78, 5) is 26.4. The number of benzene rings is 1. The zero-order valence-electron chi connectivity index (χ0n) is 17.1. The first-order valence-corrected chi connectivity index (χ1v) is 10.9. The van der Waals surface area contributed by atoms with Gasteiger partial charge in [-0.25, -0.2) is 0 Å². The van der Waals surface area contributed by atoms with Crippen LogP contribution in [0.5, 0.6) is 0 Å². The van der Waals surface area contributed by atoms with Crippen molar-refractivity contribution in [3.8, 4) is 0 Å². The number of nitrogens with zero attached hydrogens (tertiary/aromatic N) is 1. The van der Waals surface area contributed by atoms with Gasteiger partial charge in [-0.3, -0.25) is 9.59 Å². The van der Waals surface area contributed by atoms with Crippen molar-refractivity contribution in [1.29, 1.82) is 0 Å². The van der Waals surface area contributed by atoms with Gasteiger partial charge in [-0.05, 0) is 74.8 Å². The molecule has 0 atom stereocenters. The topological polar surface area (TPSA) is 46.6 Å². The molecule has 0 aromatic heterocycles. The van der Waals surface area contributed by atoms with Crippen LogP contribution in [0.15, 0.2) is 18.2 Å². The Balaban J connectivity index is 1.13. The fourth-order valence-electron chi connectivity index (χ4n) is 6.42. The number of esters is 1. The Bertz CT molecular complexity index is 807. The van der Waals surface area contributed by atoms with Gasteiger partial charge >= 0.3 is 5.97 Å². The third kappa shape index (κ3) is 2.96. The number of rotatable bonds is 2. The zero-order chi connectivity index (χ0) is 19.5. The van der Waals surface area contributed by atoms with Crippen molar-refractivity contribution in [2.45, 2.75) is 64.7 Å². The molecule has 150 valence electrons. The van der Waals surface area contributed by atoms with Gasteiger partial charge in [0.2, 0.25) is 5.91 Å². The van der Waals surface area contributed by atoms with Crippen LogP contribution in [0.3, 0.4) is 0 Å². The van der Waals surface area contributed by atoms with Crippen molar-refractivity contribution < 1.29 is 14.3 Å². The highest BCUT2D eigenvalue weighted by atomic mass is 16.5. The highest BCUT2D eigenvalue weighted by molar-refractivity contribution is 5.81. The highest BCUT2D eigenvalue weighted by Crippen LogP contribution is 2.58. The predicted octanol–water partition coefficient (Wildman–Crippen LogP) is 4.13. The van der Waals surface area contributed by atoms with Crippen LogP contribution in [0.4, 0.5) is 0 Å². The molecule has 4 aliphatic rings. The molecule has 0 N–H and O–H groups in total. The SMILES string of the molecule is Cc1ccc(C2CC3(CCN(C(=O)C4CC5(COC(=O)C5)C4)CC3)C2)c(C)c1. The second kappa shape index (κ2) is 6.33. The Labute approximate surface area is 167 Å². The van der Waals surface area contributed by atoms with Crippen LogP contribution in [0.1, 0.15) is 67.6 Å². The quantitative estimate of drug-likeness (QED) is 0.724. The van der Waals surface area contributed by atoms with Crippen molar-refractivity contribution >= 4 is 11.9 Å². The van der Waals surface area contributed by atoms with E-state index < -0.39 is 0 Å². The predicted molar refractivity (Wildman–Crippen MR) is 107 cm³/mol. The average Bonchev–Trinajstić information content (AvgIpc) is 3.01. The number of hydrogen-bond donors (Lipinski definition) is 0. The standard InChI is InChI=1S/C24H31NO3/c1-16-3-4-20(17(2)9-16)18-10-23(11-18)5-7-25(8-6-23)22(27)19-12-24(13-19)14-21(26)28-15-24/h3-4,9,18-19H,5-8,10-15H2,1-2H3. The molecule has 1 amide bonds. The molecule has 0 unspecified atom stereocenters. The molecule has 4 nitrogen and oxygen atoms in total. The van der Waals surface area contributed by atoms with Gasteiger partial charge < -0.3 is 9.64 Å². The van der Waals surface area contributed by atoms with Gasteiger partial charge in [-0.1, -0.05) is 23.8 Å². The van der Waals surface area contributed by atoms with Gasteiger partial charge in [-0.15, -0.1) is 0 Å². The number of piperidine rings is 1. The van der Waals surface area contributed by atoms with Gasteiger partial charge in [-0.2, -0.15) is 0 Å². The van der Waals surface area contributed by atoms with Gasteiger partial charge in [0, 0.05) is 24.4 Å². The van der Waals surface area contributed by atoms with Gasteiger partial charge in [0.15, 0.2) is 0 Å². The van der Waals surface area contributed by atoms with E-state index in [1.165, 1.54) is 29.5 Å². The summed E-state index contributed by atoms with van der Waals surface area (Å²) in [5, 5.41) is 0. The smallest absolute Gasteiger partial charge is 0.306 e. The van der Waals surface area contributed by atoms with E-state index in [4.69, 9.17) is 4.74 Å². The Hall–Kier alpha value is -1.84. The molecule has 1 aromatic rings. The molecule has 2 spiro atoms. The highest BCUT2D eigenvalue weighted by Gasteiger charge is 2.54. The second-order valence-corrected chi connectivity index (χ2v) is 10.2. The fourth-order valence-corrected chi connectivity index (χ4v) is 6.42. The average molecular weight is 382 g/mol. The van der Waals surface area contributed by atoms with Crippen molar-refractivity contribution in [3.63, 3.8) is 0 Å². The molecule has 4 fully saturated rings. The number of hydrogen-bond acceptors (Lipinski definition) is 3. The summed E-state index contributed by atoms with van der Waals surface area (Å²) in [5.41, 5.74) is 4.75. The molecule has 2 heterocycles. The van der Waals surface area contributed by atoms with Crippen LogP contribution < -0.4 is 0 Å². The van der Waals surface area contributed by atoms with Crippen molar-refractivity contribution in [2.75, 3.05) is 19.7 Å². The van der Waals surface area contributed by atoms with Gasteiger partial charge in [0.1, 0.15) is 0 Å². The van der Waals surface area contributed by atoms with E-state index in [1.54, 1.807) is 0 Å². The number of aryl methyl sites for hydroxylation is 2. The minimum atomic E-state index is -0.0887. The van der Waals surface area contributed by atoms with E-state index >= 15 is 0 Å². The molecular formula is C24H31NO3. The lowest BCUT2D eigenvalue weighted by Crippen LogP contribution is -2.52. The molecule has 2 aliphatic carbocycles. The van der Waals surface area contributed by atoms with E-state index in [0.29, 0.717) is 30.3 Å². The number of amides is 1. The normalized spacial score (nSPS) is 28.1. The molecule has 4 heteroatoms. The Morgan fingerprint density at radius 3 is 2.39 bits per heavy atom. The summed E-state index contributed by atoms with van der Waals surface area (Å²) < 4.78 is 5.13. The second-order valence-electron chi connectivity index (χ2n) is 10.2. The molecule has 5 rings (SSSR count). The van der Waals surface area contributed by atoms with Crippen molar-refractivity contribution in [1.82, 2.24) is 4.90 Å². The van der Waals surface area contributed by atoms with Crippen LogP contribution in [-0.2, 0) is 14.3 Å². The van der Waals surface area contributed by atoms with Crippen LogP contribution in [0.25, 0.3) is 0 Å². The zero-order valence-corrected chi connectivity index (χ0v) is 17.1. The van der Waals surface area contributed by atoms with Crippen LogP contribution in [0.2, 0.25) is 0 Å². The van der Waals surface area contributed by atoms with E-state index in [9.17, 15) is 9.59 Å². The summed E-state index contributed by atoms with van der Waals surface area (Å²) in [5.74, 6) is 1.06. The third-order valence-electron chi connectivity index (χ3n) is 8.13. The molecule has 2 saturated carbocycles. The van der Waals surface area contributed by atoms with Gasteiger partial charge in [0.25, 0.3) is 0 Å². The maximum Gasteiger partial charge on any atom is 0.306 e. The lowest BCUT2D eigenvalue weighted by atomic mass is 9.55. The molecule has 1 aromatic carbocycles. The summed E-state index contributed by atoms with van der Waals surface area (Å²) in [6.07, 6.45) is 7.07. The Morgan fingerprint density at radius 2 is 1.79 bits per heavy atom. The monoisotopic (exact) mass is 381 g/mol. The van der Waals surface area contributed by atoms with Crippen LogP contribution in [-0.4, -0.2) is 36.5 Å². The van der Waals surface area contributed by atoms with Crippen molar-refractivity contribution in [2.24, 2.45) is 16.7 Å². The first-order valence-electron chi connectivity index (χ1n) is 10.9. The molecule has 28 heavy (non-hydrogen) atoms. The van der Waals surface area contributed by atoms with E-state index in [1.807, 2.05) is 0 Å². The third-order valence-corrected chi connectivity index (χ3v) is 8.13. The largest absolute Gasteiger partial charge is 0.465 e. The van der Waals surface area contributed by atoms with Gasteiger partial charge in [0.05, 0.1) is 13.0 Å². The van der Waals surface area contributed by atoms with E-state index in [-0.39, 0.29) is 17.3 Å². The Morgan fingerprint density at radius 1 is 1.07 bits per heavy atom. The lowest BCUT2D eigenvalue weighted by molar-refractivity contribution is -0.147. The molecule has 0 bridgehead atoms. The van der Waals surface area contributed by atoms with Crippen molar-refractivity contribution in [3.05, 3.63) is 34.9 Å². The van der Waals surface area contributed by atoms with Crippen LogP contribution >= 0.6 is 0 Å². The molecule has 2 aliphatic heterocycles. The summed E-state index contributed by atoms with van der Waals surface area (Å²) in [6.45, 7) is 6.75. The molecule has 0 radical (unpaired) electrons.